The number of amidine groups is 1. The highest BCUT2D eigenvalue weighted by Crippen LogP contribution is 2.37. The number of aliphatic hydroxyl groups excluding tert-OH is 1. The lowest BCUT2D eigenvalue weighted by molar-refractivity contribution is 0.187. The van der Waals surface area contributed by atoms with Crippen molar-refractivity contribution in [2.45, 2.75) is 66.0 Å². The maximum absolute atomic E-state index is 13.7. The summed E-state index contributed by atoms with van der Waals surface area (Å²) in [5.74, 6) is 0.898. The standard InChI is InChI=1S/C28H35FN4O.C2H6/c1-5-21-17-23(9-12-26(21)30-6-2)27(19(3)22-7-10-24(29)11-8-22)33-16-14-31-28(20(33)4)32-15-13-25(34)18-32;1-2/h6-8,10-12,14,16-17,20,23,25,30,34H,2,5,9,13,15,18H2,1,3-4H3;1-2H3/b27-19+;. The molecule has 0 amide bonds. The van der Waals surface area contributed by atoms with Crippen molar-refractivity contribution < 1.29 is 9.50 Å². The first-order valence-corrected chi connectivity index (χ1v) is 13.1. The molecule has 1 aromatic carbocycles. The fraction of sp³-hybridized carbons (Fsp3) is 0.433. The van der Waals surface area contributed by atoms with E-state index in [1.165, 1.54) is 23.4 Å². The van der Waals surface area contributed by atoms with E-state index >= 15 is 0 Å². The highest BCUT2D eigenvalue weighted by atomic mass is 19.1. The largest absolute Gasteiger partial charge is 0.391 e. The summed E-state index contributed by atoms with van der Waals surface area (Å²) in [4.78, 5) is 9.20. The van der Waals surface area contributed by atoms with Crippen molar-refractivity contribution in [2.75, 3.05) is 13.1 Å². The van der Waals surface area contributed by atoms with Crippen LogP contribution >= 0.6 is 0 Å². The fourth-order valence-corrected chi connectivity index (χ4v) is 5.18. The van der Waals surface area contributed by atoms with Crippen LogP contribution in [0.15, 0.2) is 83.6 Å². The Morgan fingerprint density at radius 3 is 2.61 bits per heavy atom. The Hall–Kier alpha value is -3.12. The van der Waals surface area contributed by atoms with Gasteiger partial charge in [-0.2, -0.15) is 0 Å². The van der Waals surface area contributed by atoms with Crippen LogP contribution in [0.2, 0.25) is 0 Å². The number of allylic oxidation sites excluding steroid dienone is 4. The summed E-state index contributed by atoms with van der Waals surface area (Å²) < 4.78 is 13.7. The third kappa shape index (κ3) is 5.98. The molecule has 0 aromatic heterocycles. The molecule has 1 fully saturated rings. The van der Waals surface area contributed by atoms with Crippen LogP contribution in [-0.4, -0.2) is 46.0 Å². The molecule has 1 aromatic rings. The molecule has 4 rings (SSSR count). The highest BCUT2D eigenvalue weighted by Gasteiger charge is 2.33. The molecule has 2 aliphatic heterocycles. The molecule has 6 heteroatoms. The van der Waals surface area contributed by atoms with E-state index in [2.05, 4.69) is 54.6 Å². The number of aliphatic hydroxyl groups is 1. The minimum absolute atomic E-state index is 0.0100. The smallest absolute Gasteiger partial charge is 0.127 e. The number of hydrogen-bond acceptors (Lipinski definition) is 5. The fourth-order valence-electron chi connectivity index (χ4n) is 5.18. The maximum atomic E-state index is 13.7. The van der Waals surface area contributed by atoms with Crippen molar-refractivity contribution in [3.8, 4) is 0 Å². The van der Waals surface area contributed by atoms with Crippen molar-refractivity contribution >= 4 is 11.4 Å². The molecule has 0 saturated carbocycles. The van der Waals surface area contributed by atoms with E-state index in [4.69, 9.17) is 4.99 Å². The van der Waals surface area contributed by atoms with E-state index in [0.717, 1.165) is 48.5 Å². The molecule has 2 heterocycles. The van der Waals surface area contributed by atoms with Crippen LogP contribution in [0.1, 0.15) is 59.4 Å². The lowest BCUT2D eigenvalue weighted by Crippen LogP contribution is -2.46. The average molecular weight is 493 g/mol. The number of β-amino-alcohol motifs (C(OH)–C–C–N with tert-alkyl or cyclic N) is 1. The molecule has 5 nitrogen and oxygen atoms in total. The van der Waals surface area contributed by atoms with Gasteiger partial charge in [-0.15, -0.1) is 0 Å². The number of hydrogen-bond donors (Lipinski definition) is 2. The number of rotatable bonds is 6. The summed E-state index contributed by atoms with van der Waals surface area (Å²) in [5.41, 5.74) is 5.67. The molecule has 3 aliphatic rings. The van der Waals surface area contributed by atoms with Gasteiger partial charge in [-0.25, -0.2) is 9.38 Å². The van der Waals surface area contributed by atoms with Gasteiger partial charge >= 0.3 is 0 Å². The topological polar surface area (TPSA) is 51.1 Å². The quantitative estimate of drug-likeness (QED) is 0.497. The van der Waals surface area contributed by atoms with Gasteiger partial charge in [0.25, 0.3) is 0 Å². The van der Waals surface area contributed by atoms with Gasteiger partial charge in [0.2, 0.25) is 0 Å². The van der Waals surface area contributed by atoms with E-state index in [0.29, 0.717) is 6.54 Å². The van der Waals surface area contributed by atoms with Crippen molar-refractivity contribution in [2.24, 2.45) is 10.9 Å². The molecule has 36 heavy (non-hydrogen) atoms. The Bertz CT molecular complexity index is 1070. The van der Waals surface area contributed by atoms with Crippen LogP contribution in [0, 0.1) is 11.7 Å². The second-order valence-corrected chi connectivity index (χ2v) is 9.13. The number of halogens is 1. The van der Waals surface area contributed by atoms with E-state index < -0.39 is 0 Å². The van der Waals surface area contributed by atoms with Gasteiger partial charge in [0, 0.05) is 42.8 Å². The third-order valence-corrected chi connectivity index (χ3v) is 6.97. The molecule has 2 N–H and O–H groups in total. The molecule has 0 radical (unpaired) electrons. The monoisotopic (exact) mass is 492 g/mol. The number of benzene rings is 1. The molecule has 1 aliphatic carbocycles. The summed E-state index contributed by atoms with van der Waals surface area (Å²) in [7, 11) is 0. The molecule has 1 saturated heterocycles. The zero-order chi connectivity index (χ0) is 26.2. The lowest BCUT2D eigenvalue weighted by atomic mass is 9.86. The first-order valence-electron chi connectivity index (χ1n) is 13.1. The van der Waals surface area contributed by atoms with Gasteiger partial charge in [0.15, 0.2) is 0 Å². The minimum atomic E-state index is -0.306. The van der Waals surface area contributed by atoms with Gasteiger partial charge in [0.05, 0.1) is 12.1 Å². The zero-order valence-electron chi connectivity index (χ0n) is 22.3. The first-order chi connectivity index (χ1) is 17.4. The predicted molar refractivity (Wildman–Crippen MR) is 148 cm³/mol. The predicted octanol–water partition coefficient (Wildman–Crippen LogP) is 6.20. The van der Waals surface area contributed by atoms with E-state index in [9.17, 15) is 9.50 Å². The molecule has 3 atom stereocenters. The second-order valence-electron chi connectivity index (χ2n) is 9.13. The van der Waals surface area contributed by atoms with Crippen molar-refractivity contribution in [3.63, 3.8) is 0 Å². The highest BCUT2D eigenvalue weighted by molar-refractivity contribution is 5.89. The molecular formula is C30H41FN4O. The Kier molecular flexibility index (Phi) is 9.71. The van der Waals surface area contributed by atoms with Crippen molar-refractivity contribution in [1.29, 1.82) is 0 Å². The lowest BCUT2D eigenvalue weighted by Gasteiger charge is -2.40. The Balaban J connectivity index is 0.00000176. The summed E-state index contributed by atoms with van der Waals surface area (Å²) >= 11 is 0. The van der Waals surface area contributed by atoms with Gasteiger partial charge in [-0.1, -0.05) is 51.6 Å². The normalized spacial score (nSPS) is 24.2. The minimum Gasteiger partial charge on any atom is -0.391 e. The Morgan fingerprint density at radius 2 is 2.00 bits per heavy atom. The first kappa shape index (κ1) is 27.5. The van der Waals surface area contributed by atoms with Crippen LogP contribution in [0.5, 0.6) is 0 Å². The van der Waals surface area contributed by atoms with Crippen molar-refractivity contribution in [3.05, 3.63) is 89.9 Å². The van der Waals surface area contributed by atoms with Crippen LogP contribution in [0.25, 0.3) is 5.57 Å². The SMILES string of the molecule is C=CNC1=CCC(/C(=C(/C)c2ccc(F)cc2)N2C=CN=C(N3CCC(O)C3)C2C)C=C1CC.CC. The summed E-state index contributed by atoms with van der Waals surface area (Å²) in [5, 5.41) is 13.4. The summed E-state index contributed by atoms with van der Waals surface area (Å²) in [6.45, 7) is 15.7. The number of nitrogens with zero attached hydrogens (tertiary/aromatic N) is 3. The third-order valence-electron chi connectivity index (χ3n) is 6.97. The molecule has 3 unspecified atom stereocenters. The Labute approximate surface area is 216 Å². The molecular weight excluding hydrogens is 451 g/mol. The van der Waals surface area contributed by atoms with Gasteiger partial charge < -0.3 is 20.2 Å². The van der Waals surface area contributed by atoms with Gasteiger partial charge in [0.1, 0.15) is 11.7 Å². The van der Waals surface area contributed by atoms with Crippen molar-refractivity contribution in [1.82, 2.24) is 15.1 Å². The second kappa shape index (κ2) is 12.7. The molecule has 194 valence electrons. The van der Waals surface area contributed by atoms with Gasteiger partial charge in [-0.3, -0.25) is 0 Å². The number of likely N-dealkylation sites (tertiary alicyclic amines) is 1. The van der Waals surface area contributed by atoms with E-state index in [1.54, 1.807) is 6.20 Å². The number of aliphatic imine (C=N–C) groups is 1. The van der Waals surface area contributed by atoms with Crippen LogP contribution in [0.3, 0.4) is 0 Å². The van der Waals surface area contributed by atoms with Crippen LogP contribution in [-0.2, 0) is 0 Å². The molecule has 0 bridgehead atoms. The van der Waals surface area contributed by atoms with E-state index in [1.807, 2.05) is 38.4 Å². The van der Waals surface area contributed by atoms with E-state index in [-0.39, 0.29) is 23.9 Å². The number of nitrogens with one attached hydrogen (secondary N) is 1. The molecule has 0 spiro atoms. The van der Waals surface area contributed by atoms with Crippen LogP contribution in [0.4, 0.5) is 4.39 Å². The maximum Gasteiger partial charge on any atom is 0.127 e. The summed E-state index contributed by atoms with van der Waals surface area (Å²) in [6, 6.07) is 6.75. The average Bonchev–Trinajstić information content (AvgIpc) is 3.33. The summed E-state index contributed by atoms with van der Waals surface area (Å²) in [6.07, 6.45) is 12.4. The van der Waals surface area contributed by atoms with Crippen LogP contribution < -0.4 is 5.32 Å². The van der Waals surface area contributed by atoms with Gasteiger partial charge in [-0.05, 0) is 68.2 Å². The zero-order valence-corrected chi connectivity index (χ0v) is 22.3. The Morgan fingerprint density at radius 1 is 1.28 bits per heavy atom.